The molecule has 1 aliphatic heterocycles. The summed E-state index contributed by atoms with van der Waals surface area (Å²) in [6.07, 6.45) is 1.88. The van der Waals surface area contributed by atoms with Gasteiger partial charge in [-0.15, -0.1) is 0 Å². The fraction of sp³-hybridized carbons (Fsp3) is 0.333. The number of aromatic nitrogens is 2. The molecule has 0 spiro atoms. The van der Waals surface area contributed by atoms with Crippen molar-refractivity contribution in [1.82, 2.24) is 15.1 Å². The van der Waals surface area contributed by atoms with E-state index < -0.39 is 0 Å². The Kier molecular flexibility index (Phi) is 3.85. The second kappa shape index (κ2) is 5.77. The van der Waals surface area contributed by atoms with Crippen LogP contribution in [0.25, 0.3) is 11.3 Å². The molecule has 2 aromatic rings. The van der Waals surface area contributed by atoms with Crippen molar-refractivity contribution in [3.05, 3.63) is 51.8 Å². The van der Waals surface area contributed by atoms with Gasteiger partial charge in [0.15, 0.2) is 0 Å². The van der Waals surface area contributed by atoms with Crippen LogP contribution in [0.3, 0.4) is 0 Å². The Hall–Kier alpha value is -1.65. The van der Waals surface area contributed by atoms with Gasteiger partial charge in [-0.2, -0.15) is 5.10 Å². The minimum absolute atomic E-state index is 0.0328. The van der Waals surface area contributed by atoms with E-state index in [0.717, 1.165) is 37.2 Å². The van der Waals surface area contributed by atoms with Crippen LogP contribution < -0.4 is 10.9 Å². The lowest BCUT2D eigenvalue weighted by atomic mass is 10.1. The van der Waals surface area contributed by atoms with Gasteiger partial charge in [-0.25, -0.2) is 4.68 Å². The number of rotatable bonds is 2. The molecule has 1 fully saturated rings. The molecule has 0 atom stereocenters. The summed E-state index contributed by atoms with van der Waals surface area (Å²) in [5, 5.41) is 8.52. The van der Waals surface area contributed by atoms with E-state index in [2.05, 4.69) is 10.4 Å². The van der Waals surface area contributed by atoms with Crippen LogP contribution in [0.2, 0.25) is 5.02 Å². The maximum atomic E-state index is 12.0. The molecule has 104 valence electrons. The number of hydrogen-bond acceptors (Lipinski definition) is 3. The number of benzene rings is 1. The zero-order chi connectivity index (χ0) is 13.9. The van der Waals surface area contributed by atoms with Crippen molar-refractivity contribution in [3.8, 4) is 11.3 Å². The first kappa shape index (κ1) is 13.3. The predicted molar refractivity (Wildman–Crippen MR) is 80.1 cm³/mol. The minimum atomic E-state index is -0.0328. The monoisotopic (exact) mass is 289 g/mol. The maximum absolute atomic E-state index is 12.0. The number of halogens is 1. The Morgan fingerprint density at radius 1 is 1.10 bits per heavy atom. The first-order valence-corrected chi connectivity index (χ1v) is 7.18. The van der Waals surface area contributed by atoms with Crippen LogP contribution in [0.5, 0.6) is 0 Å². The number of piperidine rings is 1. The Balaban J connectivity index is 1.97. The van der Waals surface area contributed by atoms with Gasteiger partial charge in [0.2, 0.25) is 0 Å². The summed E-state index contributed by atoms with van der Waals surface area (Å²) in [4.78, 5) is 12.0. The number of hydrogen-bond donors (Lipinski definition) is 1. The molecule has 1 saturated heterocycles. The average molecular weight is 290 g/mol. The van der Waals surface area contributed by atoms with Gasteiger partial charge in [-0.3, -0.25) is 4.79 Å². The van der Waals surface area contributed by atoms with Gasteiger partial charge in [0.25, 0.3) is 5.56 Å². The molecule has 4 nitrogen and oxygen atoms in total. The van der Waals surface area contributed by atoms with Crippen LogP contribution in [0.15, 0.2) is 41.2 Å². The van der Waals surface area contributed by atoms with Crippen molar-refractivity contribution >= 4 is 11.6 Å². The molecule has 1 aliphatic rings. The Morgan fingerprint density at radius 2 is 1.80 bits per heavy atom. The van der Waals surface area contributed by atoms with Crippen molar-refractivity contribution in [2.45, 2.75) is 18.9 Å². The lowest BCUT2D eigenvalue weighted by Gasteiger charge is -2.23. The quantitative estimate of drug-likeness (QED) is 0.924. The van der Waals surface area contributed by atoms with Crippen LogP contribution >= 0.6 is 11.6 Å². The molecular weight excluding hydrogens is 274 g/mol. The standard InChI is InChI=1S/C15H16ClN3O/c16-12-3-1-11(2-4-12)14-5-6-15(20)19(18-14)13-7-9-17-10-8-13/h1-6,13,17H,7-10H2. The third-order valence-electron chi connectivity index (χ3n) is 3.62. The van der Waals surface area contributed by atoms with E-state index in [-0.39, 0.29) is 11.6 Å². The normalized spacial score (nSPS) is 16.2. The van der Waals surface area contributed by atoms with E-state index in [9.17, 15) is 4.79 Å². The van der Waals surface area contributed by atoms with Crippen LogP contribution in [0, 0.1) is 0 Å². The summed E-state index contributed by atoms with van der Waals surface area (Å²) in [5.74, 6) is 0. The van der Waals surface area contributed by atoms with Gasteiger partial charge in [-0.05, 0) is 44.1 Å². The highest BCUT2D eigenvalue weighted by Gasteiger charge is 2.17. The van der Waals surface area contributed by atoms with Gasteiger partial charge >= 0.3 is 0 Å². The summed E-state index contributed by atoms with van der Waals surface area (Å²) >= 11 is 5.89. The third kappa shape index (κ3) is 2.76. The van der Waals surface area contributed by atoms with Crippen molar-refractivity contribution in [2.75, 3.05) is 13.1 Å². The molecule has 0 aliphatic carbocycles. The van der Waals surface area contributed by atoms with Crippen LogP contribution in [0.1, 0.15) is 18.9 Å². The molecule has 1 aromatic carbocycles. The molecule has 1 N–H and O–H groups in total. The van der Waals surface area contributed by atoms with E-state index in [0.29, 0.717) is 5.02 Å². The average Bonchev–Trinajstić information content (AvgIpc) is 2.50. The molecule has 0 saturated carbocycles. The second-order valence-corrected chi connectivity index (χ2v) is 5.43. The lowest BCUT2D eigenvalue weighted by molar-refractivity contribution is 0.332. The van der Waals surface area contributed by atoms with Crippen molar-refractivity contribution in [1.29, 1.82) is 0 Å². The van der Waals surface area contributed by atoms with Crippen LogP contribution in [-0.4, -0.2) is 22.9 Å². The summed E-state index contributed by atoms with van der Waals surface area (Å²) in [6, 6.07) is 11.1. The molecule has 0 radical (unpaired) electrons. The highest BCUT2D eigenvalue weighted by molar-refractivity contribution is 6.30. The van der Waals surface area contributed by atoms with Gasteiger partial charge < -0.3 is 5.32 Å². The summed E-state index contributed by atoms with van der Waals surface area (Å²) in [5.41, 5.74) is 1.74. The lowest BCUT2D eigenvalue weighted by Crippen LogP contribution is -2.35. The zero-order valence-corrected chi connectivity index (χ0v) is 11.8. The van der Waals surface area contributed by atoms with E-state index >= 15 is 0 Å². The van der Waals surface area contributed by atoms with Crippen LogP contribution in [-0.2, 0) is 0 Å². The molecule has 0 bridgehead atoms. The highest BCUT2D eigenvalue weighted by Crippen LogP contribution is 2.20. The first-order valence-electron chi connectivity index (χ1n) is 6.80. The molecule has 20 heavy (non-hydrogen) atoms. The Bertz CT molecular complexity index is 645. The van der Waals surface area contributed by atoms with E-state index in [1.54, 1.807) is 16.8 Å². The predicted octanol–water partition coefficient (Wildman–Crippen LogP) is 2.49. The summed E-state index contributed by atoms with van der Waals surface area (Å²) < 4.78 is 1.63. The maximum Gasteiger partial charge on any atom is 0.267 e. The third-order valence-corrected chi connectivity index (χ3v) is 3.87. The topological polar surface area (TPSA) is 46.9 Å². The fourth-order valence-electron chi connectivity index (χ4n) is 2.51. The first-order chi connectivity index (χ1) is 9.74. The second-order valence-electron chi connectivity index (χ2n) is 4.99. The van der Waals surface area contributed by atoms with Gasteiger partial charge in [0.05, 0.1) is 11.7 Å². The van der Waals surface area contributed by atoms with Gasteiger partial charge in [0.1, 0.15) is 0 Å². The Labute approximate surface area is 122 Å². The van der Waals surface area contributed by atoms with Gasteiger partial charge in [-0.1, -0.05) is 23.7 Å². The minimum Gasteiger partial charge on any atom is -0.317 e. The molecule has 1 aromatic heterocycles. The van der Waals surface area contributed by atoms with Crippen molar-refractivity contribution in [3.63, 3.8) is 0 Å². The smallest absolute Gasteiger partial charge is 0.267 e. The van der Waals surface area contributed by atoms with E-state index in [1.807, 2.05) is 24.3 Å². The molecule has 5 heteroatoms. The van der Waals surface area contributed by atoms with Crippen LogP contribution in [0.4, 0.5) is 0 Å². The summed E-state index contributed by atoms with van der Waals surface area (Å²) in [6.45, 7) is 1.87. The van der Waals surface area contributed by atoms with E-state index in [4.69, 9.17) is 11.6 Å². The SMILES string of the molecule is O=c1ccc(-c2ccc(Cl)cc2)nn1C1CCNCC1. The summed E-state index contributed by atoms with van der Waals surface area (Å²) in [7, 11) is 0. The highest BCUT2D eigenvalue weighted by atomic mass is 35.5. The van der Waals surface area contributed by atoms with Crippen molar-refractivity contribution < 1.29 is 0 Å². The molecule has 0 amide bonds. The number of nitrogens with one attached hydrogen (secondary N) is 1. The molecule has 2 heterocycles. The number of nitrogens with zero attached hydrogens (tertiary/aromatic N) is 2. The fourth-order valence-corrected chi connectivity index (χ4v) is 2.64. The van der Waals surface area contributed by atoms with Crippen molar-refractivity contribution in [2.24, 2.45) is 0 Å². The molecule has 0 unspecified atom stereocenters. The molecule has 3 rings (SSSR count). The Morgan fingerprint density at radius 3 is 2.50 bits per heavy atom. The molecular formula is C15H16ClN3O. The zero-order valence-electron chi connectivity index (χ0n) is 11.1. The van der Waals surface area contributed by atoms with Gasteiger partial charge in [0, 0.05) is 16.7 Å². The largest absolute Gasteiger partial charge is 0.317 e. The van der Waals surface area contributed by atoms with E-state index in [1.165, 1.54) is 0 Å².